The van der Waals surface area contributed by atoms with Gasteiger partial charge in [-0.05, 0) is 42.5 Å². The van der Waals surface area contributed by atoms with E-state index in [1.165, 1.54) is 6.07 Å². The zero-order chi connectivity index (χ0) is 11.9. The van der Waals surface area contributed by atoms with Gasteiger partial charge in [-0.1, -0.05) is 0 Å². The largest absolute Gasteiger partial charge is 0.358 e. The second kappa shape index (κ2) is 4.20. The Labute approximate surface area is 107 Å². The van der Waals surface area contributed by atoms with Crippen molar-refractivity contribution in [3.8, 4) is 0 Å². The number of fused-ring (bicyclic) bond motifs is 1. The van der Waals surface area contributed by atoms with Gasteiger partial charge in [0.1, 0.15) is 5.82 Å². The number of amides is 1. The van der Waals surface area contributed by atoms with Gasteiger partial charge in [-0.25, -0.2) is 4.39 Å². The van der Waals surface area contributed by atoms with Gasteiger partial charge in [0.15, 0.2) is 0 Å². The van der Waals surface area contributed by atoms with Crippen LogP contribution in [0.3, 0.4) is 0 Å². The quantitative estimate of drug-likeness (QED) is 0.801. The number of hydrogen-bond acceptors (Lipinski definition) is 2. The molecule has 0 spiro atoms. The first-order chi connectivity index (χ1) is 7.49. The number of nitrogens with zero attached hydrogens (tertiary/aromatic N) is 1. The van der Waals surface area contributed by atoms with Crippen molar-refractivity contribution in [1.29, 1.82) is 0 Å². The lowest BCUT2D eigenvalue weighted by Gasteiger charge is -2.34. The van der Waals surface area contributed by atoms with E-state index in [0.717, 1.165) is 5.69 Å². The highest BCUT2D eigenvalue weighted by atomic mass is 127. The second-order valence-corrected chi connectivity index (χ2v) is 5.22. The predicted octanol–water partition coefficient (Wildman–Crippen LogP) is 2.60. The van der Waals surface area contributed by atoms with Gasteiger partial charge in [-0.15, -0.1) is 0 Å². The Balaban J connectivity index is 2.52. The fourth-order valence-corrected chi connectivity index (χ4v) is 2.23. The molecule has 1 aliphatic rings. The SMILES string of the molecule is CC(C)N1CC(=O)Nc2cc(I)c(F)cc21. The maximum absolute atomic E-state index is 13.5. The number of rotatable bonds is 1. The highest BCUT2D eigenvalue weighted by Crippen LogP contribution is 2.33. The van der Waals surface area contributed by atoms with Crippen molar-refractivity contribution in [3.05, 3.63) is 21.5 Å². The Hall–Kier alpha value is -0.850. The topological polar surface area (TPSA) is 32.3 Å². The lowest BCUT2D eigenvalue weighted by Crippen LogP contribution is -2.42. The van der Waals surface area contributed by atoms with Crippen LogP contribution in [0, 0.1) is 9.39 Å². The third-order valence-electron chi connectivity index (χ3n) is 2.56. The summed E-state index contributed by atoms with van der Waals surface area (Å²) in [5, 5.41) is 2.76. The normalized spacial score (nSPS) is 15.1. The van der Waals surface area contributed by atoms with Crippen LogP contribution >= 0.6 is 22.6 Å². The van der Waals surface area contributed by atoms with Crippen LogP contribution in [0.1, 0.15) is 13.8 Å². The molecule has 5 heteroatoms. The lowest BCUT2D eigenvalue weighted by atomic mass is 10.1. The number of anilines is 2. The summed E-state index contributed by atoms with van der Waals surface area (Å²) >= 11 is 1.92. The van der Waals surface area contributed by atoms with Gasteiger partial charge in [-0.3, -0.25) is 4.79 Å². The van der Waals surface area contributed by atoms with Gasteiger partial charge in [0, 0.05) is 12.1 Å². The maximum Gasteiger partial charge on any atom is 0.243 e. The van der Waals surface area contributed by atoms with E-state index in [2.05, 4.69) is 5.32 Å². The highest BCUT2D eigenvalue weighted by Gasteiger charge is 2.25. The molecule has 0 unspecified atom stereocenters. The number of carbonyl (C=O) groups is 1. The van der Waals surface area contributed by atoms with Crippen LogP contribution in [0.4, 0.5) is 15.8 Å². The fourth-order valence-electron chi connectivity index (χ4n) is 1.76. The third-order valence-corrected chi connectivity index (χ3v) is 3.39. The first-order valence-corrected chi connectivity index (χ1v) is 6.12. The summed E-state index contributed by atoms with van der Waals surface area (Å²) in [7, 11) is 0. The average Bonchev–Trinajstić information content (AvgIpc) is 2.19. The van der Waals surface area contributed by atoms with E-state index in [-0.39, 0.29) is 24.3 Å². The summed E-state index contributed by atoms with van der Waals surface area (Å²) in [4.78, 5) is 13.4. The molecule has 1 heterocycles. The van der Waals surface area contributed by atoms with Crippen molar-refractivity contribution >= 4 is 39.9 Å². The molecular weight excluding hydrogens is 322 g/mol. The van der Waals surface area contributed by atoms with Gasteiger partial charge in [0.25, 0.3) is 0 Å². The Morgan fingerprint density at radius 2 is 2.19 bits per heavy atom. The van der Waals surface area contributed by atoms with E-state index in [0.29, 0.717) is 9.26 Å². The molecule has 0 aromatic heterocycles. The van der Waals surface area contributed by atoms with Crippen LogP contribution in [-0.2, 0) is 4.79 Å². The summed E-state index contributed by atoms with van der Waals surface area (Å²) in [6.45, 7) is 4.25. The first-order valence-electron chi connectivity index (χ1n) is 5.04. The number of benzene rings is 1. The third kappa shape index (κ3) is 2.00. The van der Waals surface area contributed by atoms with Crippen LogP contribution < -0.4 is 10.2 Å². The standard InChI is InChI=1S/C11H12FIN2O/c1-6(2)15-5-11(16)14-9-4-8(13)7(12)3-10(9)15/h3-4,6H,5H2,1-2H3,(H,14,16). The second-order valence-electron chi connectivity index (χ2n) is 4.05. The van der Waals surface area contributed by atoms with Crippen molar-refractivity contribution in [3.63, 3.8) is 0 Å². The van der Waals surface area contributed by atoms with Gasteiger partial charge in [-0.2, -0.15) is 0 Å². The molecule has 0 saturated heterocycles. The minimum atomic E-state index is -0.249. The Bertz CT molecular complexity index is 448. The summed E-state index contributed by atoms with van der Waals surface area (Å²) in [6.07, 6.45) is 0. The molecule has 86 valence electrons. The predicted molar refractivity (Wildman–Crippen MR) is 70.2 cm³/mol. The van der Waals surface area contributed by atoms with Gasteiger partial charge in [0.2, 0.25) is 5.91 Å². The van der Waals surface area contributed by atoms with Crippen LogP contribution in [0.5, 0.6) is 0 Å². The molecule has 1 N–H and O–H groups in total. The zero-order valence-electron chi connectivity index (χ0n) is 9.05. The van der Waals surface area contributed by atoms with E-state index in [4.69, 9.17) is 0 Å². The minimum absolute atomic E-state index is 0.0522. The van der Waals surface area contributed by atoms with Crippen molar-refractivity contribution in [2.45, 2.75) is 19.9 Å². The molecule has 1 aromatic carbocycles. The molecule has 0 radical (unpaired) electrons. The fraction of sp³-hybridized carbons (Fsp3) is 0.364. The zero-order valence-corrected chi connectivity index (χ0v) is 11.2. The molecule has 2 rings (SSSR count). The maximum atomic E-state index is 13.5. The lowest BCUT2D eigenvalue weighted by molar-refractivity contribution is -0.115. The molecule has 0 saturated carbocycles. The molecule has 0 atom stereocenters. The average molecular weight is 334 g/mol. The Morgan fingerprint density at radius 3 is 2.81 bits per heavy atom. The number of nitrogens with one attached hydrogen (secondary N) is 1. The van der Waals surface area contributed by atoms with Crippen LogP contribution in [-0.4, -0.2) is 18.5 Å². The van der Waals surface area contributed by atoms with Crippen LogP contribution in [0.25, 0.3) is 0 Å². The molecule has 0 fully saturated rings. The van der Waals surface area contributed by atoms with Gasteiger partial charge < -0.3 is 10.2 Å². The molecule has 3 nitrogen and oxygen atoms in total. The van der Waals surface area contributed by atoms with E-state index in [1.807, 2.05) is 41.3 Å². The van der Waals surface area contributed by atoms with Crippen LogP contribution in [0.2, 0.25) is 0 Å². The van der Waals surface area contributed by atoms with E-state index >= 15 is 0 Å². The van der Waals surface area contributed by atoms with Crippen LogP contribution in [0.15, 0.2) is 12.1 Å². The van der Waals surface area contributed by atoms with Gasteiger partial charge in [0.05, 0.1) is 21.5 Å². The number of halogens is 2. The van der Waals surface area contributed by atoms with Crippen molar-refractivity contribution in [1.82, 2.24) is 0 Å². The van der Waals surface area contributed by atoms with Crippen molar-refractivity contribution in [2.75, 3.05) is 16.8 Å². The van der Waals surface area contributed by atoms with E-state index < -0.39 is 0 Å². The first kappa shape index (κ1) is 11.6. The molecule has 1 aromatic rings. The minimum Gasteiger partial charge on any atom is -0.358 e. The summed E-state index contributed by atoms with van der Waals surface area (Å²) in [5.41, 5.74) is 1.45. The smallest absolute Gasteiger partial charge is 0.243 e. The summed E-state index contributed by atoms with van der Waals surface area (Å²) in [5.74, 6) is -0.301. The summed E-state index contributed by atoms with van der Waals surface area (Å²) < 4.78 is 14.0. The van der Waals surface area contributed by atoms with E-state index in [9.17, 15) is 9.18 Å². The van der Waals surface area contributed by atoms with Crippen molar-refractivity contribution < 1.29 is 9.18 Å². The molecule has 0 aliphatic carbocycles. The molecule has 0 bridgehead atoms. The number of carbonyl (C=O) groups excluding carboxylic acids is 1. The highest BCUT2D eigenvalue weighted by molar-refractivity contribution is 14.1. The van der Waals surface area contributed by atoms with Crippen molar-refractivity contribution in [2.24, 2.45) is 0 Å². The monoisotopic (exact) mass is 334 g/mol. The molecule has 16 heavy (non-hydrogen) atoms. The van der Waals surface area contributed by atoms with E-state index in [1.54, 1.807) is 6.07 Å². The summed E-state index contributed by atoms with van der Waals surface area (Å²) in [6, 6.07) is 3.32. The Morgan fingerprint density at radius 1 is 1.50 bits per heavy atom. The molecule has 1 amide bonds. The van der Waals surface area contributed by atoms with Gasteiger partial charge >= 0.3 is 0 Å². The molecular formula is C11H12FIN2O. The molecule has 1 aliphatic heterocycles. The number of hydrogen-bond donors (Lipinski definition) is 1. The Kier molecular flexibility index (Phi) is 3.05.